The van der Waals surface area contributed by atoms with Gasteiger partial charge in [0.2, 0.25) is 0 Å². The zero-order valence-electron chi connectivity index (χ0n) is 12.5. The first-order valence-electron chi connectivity index (χ1n) is 7.54. The number of rotatable bonds is 6. The Balaban J connectivity index is 1.93. The number of hydrogen-bond acceptors (Lipinski definition) is 3. The lowest BCUT2D eigenvalue weighted by Crippen LogP contribution is -2.48. The van der Waals surface area contributed by atoms with Crippen LogP contribution >= 0.6 is 11.8 Å². The Kier molecular flexibility index (Phi) is 6.58. The highest BCUT2D eigenvalue weighted by molar-refractivity contribution is 7.99. The van der Waals surface area contributed by atoms with Crippen LogP contribution in [0.5, 0.6) is 0 Å². The molecule has 2 amide bonds. The summed E-state index contributed by atoms with van der Waals surface area (Å²) in [5, 5.41) is 11.9. The lowest BCUT2D eigenvalue weighted by Gasteiger charge is -2.29. The maximum absolute atomic E-state index is 12.3. The zero-order valence-corrected chi connectivity index (χ0v) is 13.3. The molecule has 120 valence electrons. The number of aliphatic carboxylic acids is 1. The molecule has 22 heavy (non-hydrogen) atoms. The molecule has 0 spiro atoms. The van der Waals surface area contributed by atoms with Gasteiger partial charge in [-0.2, -0.15) is 11.8 Å². The highest BCUT2D eigenvalue weighted by Crippen LogP contribution is 2.12. The van der Waals surface area contributed by atoms with E-state index in [0.717, 1.165) is 30.2 Å². The lowest BCUT2D eigenvalue weighted by atomic mass is 10.0. The molecule has 1 heterocycles. The molecule has 0 saturated carbocycles. The van der Waals surface area contributed by atoms with Crippen LogP contribution < -0.4 is 5.32 Å². The molecule has 0 aromatic heterocycles. The Morgan fingerprint density at radius 1 is 1.23 bits per heavy atom. The van der Waals surface area contributed by atoms with Gasteiger partial charge in [-0.3, -0.25) is 4.79 Å². The van der Waals surface area contributed by atoms with Crippen LogP contribution in [0.2, 0.25) is 0 Å². The molecule has 1 unspecified atom stereocenters. The second-order valence-corrected chi connectivity index (χ2v) is 6.59. The van der Waals surface area contributed by atoms with Crippen molar-refractivity contribution in [2.45, 2.75) is 25.3 Å². The van der Waals surface area contributed by atoms with Crippen molar-refractivity contribution < 1.29 is 14.7 Å². The molecule has 2 N–H and O–H groups in total. The second-order valence-electron chi connectivity index (χ2n) is 5.37. The molecule has 0 aliphatic carbocycles. The van der Waals surface area contributed by atoms with E-state index in [2.05, 4.69) is 5.32 Å². The van der Waals surface area contributed by atoms with E-state index in [1.54, 1.807) is 0 Å². The number of urea groups is 1. The van der Waals surface area contributed by atoms with Gasteiger partial charge in [0.1, 0.15) is 0 Å². The van der Waals surface area contributed by atoms with Crippen molar-refractivity contribution in [3.63, 3.8) is 0 Å². The molecule has 1 aliphatic rings. The number of nitrogens with one attached hydrogen (secondary N) is 1. The highest BCUT2D eigenvalue weighted by atomic mass is 32.2. The normalized spacial score (nSPS) is 16.1. The van der Waals surface area contributed by atoms with Gasteiger partial charge in [-0.05, 0) is 18.4 Å². The van der Waals surface area contributed by atoms with Crippen molar-refractivity contribution in [1.82, 2.24) is 10.2 Å². The number of carbonyl (C=O) groups is 2. The van der Waals surface area contributed by atoms with E-state index in [9.17, 15) is 9.59 Å². The summed E-state index contributed by atoms with van der Waals surface area (Å²) < 4.78 is 0. The number of hydrogen-bond donors (Lipinski definition) is 2. The average Bonchev–Trinajstić information content (AvgIpc) is 2.54. The van der Waals surface area contributed by atoms with Gasteiger partial charge in [-0.15, -0.1) is 0 Å². The van der Waals surface area contributed by atoms with Gasteiger partial charge < -0.3 is 15.3 Å². The van der Waals surface area contributed by atoms with Crippen molar-refractivity contribution in [2.75, 3.05) is 24.6 Å². The lowest BCUT2D eigenvalue weighted by molar-refractivity contribution is -0.137. The Bertz CT molecular complexity index is 489. The molecular weight excluding hydrogens is 300 g/mol. The maximum Gasteiger partial charge on any atom is 0.317 e. The van der Waals surface area contributed by atoms with Gasteiger partial charge in [0.15, 0.2) is 0 Å². The number of amides is 2. The number of carbonyl (C=O) groups excluding carboxylic acids is 1. The van der Waals surface area contributed by atoms with E-state index < -0.39 is 5.97 Å². The summed E-state index contributed by atoms with van der Waals surface area (Å²) in [7, 11) is 0. The van der Waals surface area contributed by atoms with Crippen LogP contribution in [0.3, 0.4) is 0 Å². The highest BCUT2D eigenvalue weighted by Gasteiger charge is 2.20. The molecule has 2 rings (SSSR count). The van der Waals surface area contributed by atoms with E-state index >= 15 is 0 Å². The Morgan fingerprint density at radius 2 is 1.91 bits per heavy atom. The van der Waals surface area contributed by atoms with Gasteiger partial charge in [-0.1, -0.05) is 30.3 Å². The fourth-order valence-electron chi connectivity index (χ4n) is 2.45. The smallest absolute Gasteiger partial charge is 0.317 e. The number of carboxylic acids is 1. The maximum atomic E-state index is 12.3. The van der Waals surface area contributed by atoms with Gasteiger partial charge in [0, 0.05) is 37.1 Å². The number of benzene rings is 1. The van der Waals surface area contributed by atoms with Crippen molar-refractivity contribution in [1.29, 1.82) is 0 Å². The summed E-state index contributed by atoms with van der Waals surface area (Å²) in [6, 6.07) is 9.61. The second kappa shape index (κ2) is 8.68. The monoisotopic (exact) mass is 322 g/mol. The minimum absolute atomic E-state index is 0.0631. The van der Waals surface area contributed by atoms with E-state index in [1.807, 2.05) is 47.0 Å². The SMILES string of the molecule is O=C(O)CCC(Cc1ccccc1)NC(=O)N1CCSCC1. The van der Waals surface area contributed by atoms with Crippen LogP contribution in [-0.2, 0) is 11.2 Å². The van der Waals surface area contributed by atoms with Crippen LogP contribution in [-0.4, -0.2) is 52.6 Å². The molecule has 1 aromatic rings. The fourth-order valence-corrected chi connectivity index (χ4v) is 3.36. The summed E-state index contributed by atoms with van der Waals surface area (Å²) in [6.45, 7) is 1.51. The van der Waals surface area contributed by atoms with Crippen LogP contribution in [0.15, 0.2) is 30.3 Å². The Morgan fingerprint density at radius 3 is 2.55 bits per heavy atom. The van der Waals surface area contributed by atoms with E-state index in [4.69, 9.17) is 5.11 Å². The first kappa shape index (κ1) is 16.7. The first-order chi connectivity index (χ1) is 10.6. The van der Waals surface area contributed by atoms with Crippen molar-refractivity contribution in [3.05, 3.63) is 35.9 Å². The standard InChI is InChI=1S/C16H22N2O3S/c19-15(20)7-6-14(12-13-4-2-1-3-5-13)17-16(21)18-8-10-22-11-9-18/h1-5,14H,6-12H2,(H,17,21)(H,19,20). The molecule has 6 heteroatoms. The predicted octanol–water partition coefficient (Wildman–Crippen LogP) is 2.22. The topological polar surface area (TPSA) is 69.6 Å². The minimum atomic E-state index is -0.832. The van der Waals surface area contributed by atoms with Crippen LogP contribution in [0.1, 0.15) is 18.4 Å². The van der Waals surface area contributed by atoms with Crippen LogP contribution in [0.25, 0.3) is 0 Å². The van der Waals surface area contributed by atoms with Gasteiger partial charge in [0.05, 0.1) is 0 Å². The molecule has 0 bridgehead atoms. The Labute approximate surface area is 135 Å². The van der Waals surface area contributed by atoms with Gasteiger partial charge in [-0.25, -0.2) is 4.79 Å². The third-order valence-corrected chi connectivity index (χ3v) is 4.60. The summed E-state index contributed by atoms with van der Waals surface area (Å²) in [5.41, 5.74) is 1.10. The largest absolute Gasteiger partial charge is 0.481 e. The summed E-state index contributed by atoms with van der Waals surface area (Å²) >= 11 is 1.85. The fraction of sp³-hybridized carbons (Fsp3) is 0.500. The van der Waals surface area contributed by atoms with Gasteiger partial charge in [0.25, 0.3) is 0 Å². The Hall–Kier alpha value is -1.69. The molecule has 0 radical (unpaired) electrons. The quantitative estimate of drug-likeness (QED) is 0.842. The number of nitrogens with zero attached hydrogens (tertiary/aromatic N) is 1. The summed E-state index contributed by atoms with van der Waals surface area (Å²) in [4.78, 5) is 24.9. The van der Waals surface area contributed by atoms with Gasteiger partial charge >= 0.3 is 12.0 Å². The van der Waals surface area contributed by atoms with Crippen molar-refractivity contribution >= 4 is 23.8 Å². The summed E-state index contributed by atoms with van der Waals surface area (Å²) in [6.07, 6.45) is 1.16. The third-order valence-electron chi connectivity index (χ3n) is 3.66. The molecule has 1 fully saturated rings. The molecule has 5 nitrogen and oxygen atoms in total. The number of carboxylic acid groups (broad SMARTS) is 1. The molecule has 1 atom stereocenters. The van der Waals surface area contributed by atoms with E-state index in [0.29, 0.717) is 12.8 Å². The number of thioether (sulfide) groups is 1. The minimum Gasteiger partial charge on any atom is -0.481 e. The zero-order chi connectivity index (χ0) is 15.8. The third kappa shape index (κ3) is 5.60. The van der Waals surface area contributed by atoms with E-state index in [-0.39, 0.29) is 18.5 Å². The first-order valence-corrected chi connectivity index (χ1v) is 8.69. The average molecular weight is 322 g/mol. The predicted molar refractivity (Wildman–Crippen MR) is 88.2 cm³/mol. The van der Waals surface area contributed by atoms with Crippen LogP contribution in [0, 0.1) is 0 Å². The molecule has 1 aromatic carbocycles. The van der Waals surface area contributed by atoms with Crippen LogP contribution in [0.4, 0.5) is 4.79 Å². The van der Waals surface area contributed by atoms with E-state index in [1.165, 1.54) is 0 Å². The van der Waals surface area contributed by atoms with Crippen molar-refractivity contribution in [2.24, 2.45) is 0 Å². The van der Waals surface area contributed by atoms with Crippen molar-refractivity contribution in [3.8, 4) is 0 Å². The molecule has 1 aliphatic heterocycles. The molecular formula is C16H22N2O3S. The molecule has 1 saturated heterocycles. The summed E-state index contributed by atoms with van der Waals surface area (Å²) in [5.74, 6) is 1.10.